The summed E-state index contributed by atoms with van der Waals surface area (Å²) in [5.41, 5.74) is 1.07. The van der Waals surface area contributed by atoms with Gasteiger partial charge in [0.2, 0.25) is 10.0 Å². The summed E-state index contributed by atoms with van der Waals surface area (Å²) >= 11 is 0. The van der Waals surface area contributed by atoms with Crippen LogP contribution in [0, 0.1) is 12.8 Å². The van der Waals surface area contributed by atoms with Crippen LogP contribution in [0.1, 0.15) is 62.4 Å². The molecule has 5 nitrogen and oxygen atoms in total. The van der Waals surface area contributed by atoms with Gasteiger partial charge in [-0.2, -0.15) is 4.31 Å². The Morgan fingerprint density at radius 3 is 2.44 bits per heavy atom. The maximum absolute atomic E-state index is 12.8. The monoisotopic (exact) mass is 366 g/mol. The molecule has 1 aromatic carbocycles. The van der Waals surface area contributed by atoms with E-state index in [2.05, 4.69) is 12.2 Å². The zero-order valence-corrected chi connectivity index (χ0v) is 16.5. The second-order valence-electron chi connectivity index (χ2n) is 6.91. The molecule has 1 aromatic rings. The van der Waals surface area contributed by atoms with Gasteiger partial charge in [-0.3, -0.25) is 4.79 Å². The highest BCUT2D eigenvalue weighted by molar-refractivity contribution is 7.89. The van der Waals surface area contributed by atoms with E-state index >= 15 is 0 Å². The third-order valence-electron chi connectivity index (χ3n) is 5.20. The summed E-state index contributed by atoms with van der Waals surface area (Å²) in [7, 11) is -3.58. The van der Waals surface area contributed by atoms with Crippen molar-refractivity contribution in [2.45, 2.75) is 64.3 Å². The normalized spacial score (nSPS) is 21.3. The smallest absolute Gasteiger partial charge is 0.251 e. The Morgan fingerprint density at radius 1 is 1.20 bits per heavy atom. The van der Waals surface area contributed by atoms with E-state index in [1.165, 1.54) is 16.8 Å². The molecule has 140 valence electrons. The van der Waals surface area contributed by atoms with Crippen molar-refractivity contribution in [2.24, 2.45) is 5.92 Å². The molecule has 0 aliphatic heterocycles. The van der Waals surface area contributed by atoms with Crippen LogP contribution in [-0.2, 0) is 10.0 Å². The molecular formula is C19H30N2O3S. The molecule has 0 bridgehead atoms. The molecule has 0 saturated heterocycles. The van der Waals surface area contributed by atoms with Gasteiger partial charge in [0, 0.05) is 24.7 Å². The molecular weight excluding hydrogens is 336 g/mol. The fourth-order valence-corrected chi connectivity index (χ4v) is 5.21. The molecule has 6 heteroatoms. The van der Waals surface area contributed by atoms with Crippen LogP contribution in [0.5, 0.6) is 0 Å². The maximum atomic E-state index is 12.8. The standard InChI is InChI=1S/C19H30N2O3S/c1-5-21(6-2)25(23,24)18-13-16(12-11-15(18)4)19(22)20-17-10-8-7-9-14(17)3/h11-14,17H,5-10H2,1-4H3,(H,20,22)/t14-,17+/m0/s1. The minimum absolute atomic E-state index is 0.172. The summed E-state index contributed by atoms with van der Waals surface area (Å²) in [6, 6.07) is 5.12. The Bertz CT molecular complexity index is 711. The lowest BCUT2D eigenvalue weighted by Gasteiger charge is -2.29. The van der Waals surface area contributed by atoms with E-state index in [0.29, 0.717) is 30.1 Å². The molecule has 25 heavy (non-hydrogen) atoms. The SMILES string of the molecule is CCN(CC)S(=O)(=O)c1cc(C(=O)N[C@@H]2CCCC[C@@H]2C)ccc1C. The minimum atomic E-state index is -3.58. The second-order valence-corrected chi connectivity index (χ2v) is 8.82. The van der Waals surface area contributed by atoms with Gasteiger partial charge in [0.1, 0.15) is 0 Å². The first-order chi connectivity index (χ1) is 11.8. The summed E-state index contributed by atoms with van der Waals surface area (Å²) in [5.74, 6) is 0.275. The molecule has 0 aromatic heterocycles. The van der Waals surface area contributed by atoms with Gasteiger partial charge in [0.05, 0.1) is 4.90 Å². The van der Waals surface area contributed by atoms with Crippen molar-refractivity contribution < 1.29 is 13.2 Å². The molecule has 1 saturated carbocycles. The van der Waals surface area contributed by atoms with Gasteiger partial charge in [-0.15, -0.1) is 0 Å². The highest BCUT2D eigenvalue weighted by Crippen LogP contribution is 2.25. The highest BCUT2D eigenvalue weighted by Gasteiger charge is 2.26. The van der Waals surface area contributed by atoms with Crippen LogP contribution >= 0.6 is 0 Å². The second kappa shape index (κ2) is 8.32. The molecule has 1 aliphatic rings. The van der Waals surface area contributed by atoms with Crippen LogP contribution in [0.15, 0.2) is 23.1 Å². The lowest BCUT2D eigenvalue weighted by atomic mass is 9.86. The van der Waals surface area contributed by atoms with Gasteiger partial charge in [0.15, 0.2) is 0 Å². The average Bonchev–Trinajstić information content (AvgIpc) is 2.58. The molecule has 1 N–H and O–H groups in total. The number of nitrogens with zero attached hydrogens (tertiary/aromatic N) is 1. The van der Waals surface area contributed by atoms with Crippen LogP contribution in [0.2, 0.25) is 0 Å². The predicted octanol–water partition coefficient (Wildman–Crippen LogP) is 3.33. The van der Waals surface area contributed by atoms with Crippen molar-refractivity contribution in [3.05, 3.63) is 29.3 Å². The number of nitrogens with one attached hydrogen (secondary N) is 1. The van der Waals surface area contributed by atoms with E-state index in [0.717, 1.165) is 19.3 Å². The van der Waals surface area contributed by atoms with E-state index in [4.69, 9.17) is 0 Å². The van der Waals surface area contributed by atoms with E-state index in [9.17, 15) is 13.2 Å². The minimum Gasteiger partial charge on any atom is -0.349 e. The first kappa shape index (κ1) is 19.9. The summed E-state index contributed by atoms with van der Waals surface area (Å²) in [6.45, 7) is 8.38. The van der Waals surface area contributed by atoms with E-state index in [1.807, 2.05) is 13.8 Å². The van der Waals surface area contributed by atoms with Crippen LogP contribution < -0.4 is 5.32 Å². The number of hydrogen-bond donors (Lipinski definition) is 1. The Hall–Kier alpha value is -1.40. The number of amides is 1. The van der Waals surface area contributed by atoms with E-state index < -0.39 is 10.0 Å². The lowest BCUT2D eigenvalue weighted by Crippen LogP contribution is -2.41. The number of hydrogen-bond acceptors (Lipinski definition) is 3. The van der Waals surface area contributed by atoms with E-state index in [1.54, 1.807) is 19.1 Å². The predicted molar refractivity (Wildman–Crippen MR) is 100 cm³/mol. The van der Waals surface area contributed by atoms with E-state index in [-0.39, 0.29) is 16.8 Å². The molecule has 2 rings (SSSR count). The fraction of sp³-hybridized carbons (Fsp3) is 0.632. The Labute approximate surface area is 151 Å². The van der Waals surface area contributed by atoms with Crippen molar-refractivity contribution in [3.8, 4) is 0 Å². The topological polar surface area (TPSA) is 66.5 Å². The highest BCUT2D eigenvalue weighted by atomic mass is 32.2. The van der Waals surface area contributed by atoms with Crippen molar-refractivity contribution in [1.29, 1.82) is 0 Å². The fourth-order valence-electron chi connectivity index (χ4n) is 3.50. The lowest BCUT2D eigenvalue weighted by molar-refractivity contribution is 0.0910. The van der Waals surface area contributed by atoms with Crippen molar-refractivity contribution >= 4 is 15.9 Å². The Balaban J connectivity index is 2.27. The summed E-state index contributed by atoms with van der Waals surface area (Å²) in [6.07, 6.45) is 4.46. The summed E-state index contributed by atoms with van der Waals surface area (Å²) in [5, 5.41) is 3.09. The number of carbonyl (C=O) groups excluding carboxylic acids is 1. The molecule has 0 heterocycles. The van der Waals surface area contributed by atoms with Crippen molar-refractivity contribution in [1.82, 2.24) is 9.62 Å². The molecule has 2 atom stereocenters. The number of benzene rings is 1. The first-order valence-corrected chi connectivity index (χ1v) is 10.7. The molecule has 0 unspecified atom stereocenters. The van der Waals surface area contributed by atoms with Crippen LogP contribution in [0.3, 0.4) is 0 Å². The van der Waals surface area contributed by atoms with Crippen LogP contribution in [0.25, 0.3) is 0 Å². The molecule has 1 aliphatic carbocycles. The zero-order chi connectivity index (χ0) is 18.6. The molecule has 1 fully saturated rings. The van der Waals surface area contributed by atoms with Gasteiger partial charge < -0.3 is 5.32 Å². The van der Waals surface area contributed by atoms with Gasteiger partial charge in [0.25, 0.3) is 5.91 Å². The van der Waals surface area contributed by atoms with Gasteiger partial charge in [-0.25, -0.2) is 8.42 Å². The number of sulfonamides is 1. The third kappa shape index (κ3) is 4.42. The average molecular weight is 367 g/mol. The van der Waals surface area contributed by atoms with Gasteiger partial charge in [-0.1, -0.05) is 39.7 Å². The van der Waals surface area contributed by atoms with Gasteiger partial charge in [-0.05, 0) is 43.4 Å². The number of carbonyl (C=O) groups is 1. The summed E-state index contributed by atoms with van der Waals surface area (Å²) < 4.78 is 27.1. The number of rotatable bonds is 6. The number of aryl methyl sites for hydroxylation is 1. The van der Waals surface area contributed by atoms with Crippen LogP contribution in [0.4, 0.5) is 0 Å². The Kier molecular flexibility index (Phi) is 6.63. The Morgan fingerprint density at radius 2 is 1.84 bits per heavy atom. The third-order valence-corrected chi connectivity index (χ3v) is 7.39. The zero-order valence-electron chi connectivity index (χ0n) is 15.7. The van der Waals surface area contributed by atoms with Crippen LogP contribution in [-0.4, -0.2) is 37.8 Å². The summed E-state index contributed by atoms with van der Waals surface area (Å²) in [4.78, 5) is 12.9. The largest absolute Gasteiger partial charge is 0.349 e. The first-order valence-electron chi connectivity index (χ1n) is 9.22. The quantitative estimate of drug-likeness (QED) is 0.840. The molecule has 0 spiro atoms. The van der Waals surface area contributed by atoms with Crippen molar-refractivity contribution in [2.75, 3.05) is 13.1 Å². The molecule has 1 amide bonds. The van der Waals surface area contributed by atoms with Gasteiger partial charge >= 0.3 is 0 Å². The van der Waals surface area contributed by atoms with Crippen molar-refractivity contribution in [3.63, 3.8) is 0 Å². The maximum Gasteiger partial charge on any atom is 0.251 e. The molecule has 0 radical (unpaired) electrons.